The predicted molar refractivity (Wildman–Crippen MR) is 96.5 cm³/mol. The number of hydrogen-bond donors (Lipinski definition) is 0. The minimum atomic E-state index is -3.85. The van der Waals surface area contributed by atoms with Crippen molar-refractivity contribution < 1.29 is 17.2 Å². The minimum Gasteiger partial charge on any atom is -0.224 e. The Kier molecular flexibility index (Phi) is 4.75. The SMILES string of the molecule is CS(=O)(=O)c1cc(F)c(C2=C(c3ccc(Cl)c(Cl)c3)C=CC2)cc1F. The first-order chi connectivity index (χ1) is 11.7. The fraction of sp³-hybridized carbons (Fsp3) is 0.111. The topological polar surface area (TPSA) is 34.1 Å². The summed E-state index contributed by atoms with van der Waals surface area (Å²) in [6.07, 6.45) is 4.83. The second kappa shape index (κ2) is 6.56. The van der Waals surface area contributed by atoms with Gasteiger partial charge in [0.1, 0.15) is 16.5 Å². The third kappa shape index (κ3) is 3.50. The Morgan fingerprint density at radius 1 is 1.00 bits per heavy atom. The molecule has 0 spiro atoms. The van der Waals surface area contributed by atoms with E-state index in [0.29, 0.717) is 33.2 Å². The third-order valence-electron chi connectivity index (χ3n) is 3.91. The molecule has 130 valence electrons. The predicted octanol–water partition coefficient (Wildman–Crippen LogP) is 5.55. The summed E-state index contributed by atoms with van der Waals surface area (Å²) >= 11 is 11.9. The zero-order valence-electron chi connectivity index (χ0n) is 13.0. The maximum atomic E-state index is 14.5. The molecule has 0 saturated heterocycles. The zero-order chi connectivity index (χ0) is 18.4. The average molecular weight is 401 g/mol. The number of hydrogen-bond acceptors (Lipinski definition) is 2. The number of rotatable bonds is 3. The van der Waals surface area contributed by atoms with E-state index >= 15 is 0 Å². The molecule has 2 nitrogen and oxygen atoms in total. The van der Waals surface area contributed by atoms with Gasteiger partial charge in [0.25, 0.3) is 0 Å². The van der Waals surface area contributed by atoms with E-state index in [1.165, 1.54) is 0 Å². The van der Waals surface area contributed by atoms with Gasteiger partial charge in [-0.05, 0) is 47.4 Å². The first-order valence-electron chi connectivity index (χ1n) is 7.23. The molecule has 0 aliphatic heterocycles. The average Bonchev–Trinajstić information content (AvgIpc) is 3.00. The van der Waals surface area contributed by atoms with E-state index in [2.05, 4.69) is 0 Å². The molecule has 1 aliphatic carbocycles. The molecule has 0 radical (unpaired) electrons. The van der Waals surface area contributed by atoms with Crippen molar-refractivity contribution >= 4 is 44.2 Å². The highest BCUT2D eigenvalue weighted by atomic mass is 35.5. The second-order valence-corrected chi connectivity index (χ2v) is 8.46. The van der Waals surface area contributed by atoms with Crippen molar-refractivity contribution in [2.75, 3.05) is 6.26 Å². The van der Waals surface area contributed by atoms with Gasteiger partial charge in [-0.25, -0.2) is 17.2 Å². The van der Waals surface area contributed by atoms with Crippen LogP contribution in [0, 0.1) is 11.6 Å². The lowest BCUT2D eigenvalue weighted by Crippen LogP contribution is -2.04. The molecule has 2 aromatic rings. The minimum absolute atomic E-state index is 0.0240. The van der Waals surface area contributed by atoms with E-state index in [0.717, 1.165) is 18.4 Å². The molecule has 0 unspecified atom stereocenters. The van der Waals surface area contributed by atoms with E-state index < -0.39 is 26.4 Å². The van der Waals surface area contributed by atoms with Crippen LogP contribution in [0.1, 0.15) is 17.5 Å². The van der Waals surface area contributed by atoms with Crippen molar-refractivity contribution in [2.24, 2.45) is 0 Å². The van der Waals surface area contributed by atoms with Crippen LogP contribution in [0.15, 0.2) is 47.4 Å². The van der Waals surface area contributed by atoms with Crippen LogP contribution in [-0.2, 0) is 9.84 Å². The van der Waals surface area contributed by atoms with Gasteiger partial charge in [0.05, 0.1) is 10.0 Å². The number of sulfone groups is 1. The molecule has 0 atom stereocenters. The fourth-order valence-corrected chi connectivity index (χ4v) is 3.77. The van der Waals surface area contributed by atoms with Crippen LogP contribution in [-0.4, -0.2) is 14.7 Å². The van der Waals surface area contributed by atoms with Gasteiger partial charge in [0, 0.05) is 11.8 Å². The molecule has 7 heteroatoms. The molecular weight excluding hydrogens is 389 g/mol. The molecule has 0 amide bonds. The molecule has 1 aliphatic rings. The van der Waals surface area contributed by atoms with Crippen LogP contribution in [0.4, 0.5) is 8.78 Å². The maximum absolute atomic E-state index is 14.5. The van der Waals surface area contributed by atoms with E-state index in [1.54, 1.807) is 24.3 Å². The largest absolute Gasteiger partial charge is 0.224 e. The van der Waals surface area contributed by atoms with Gasteiger partial charge in [-0.1, -0.05) is 41.4 Å². The van der Waals surface area contributed by atoms with Crippen molar-refractivity contribution in [2.45, 2.75) is 11.3 Å². The van der Waals surface area contributed by atoms with E-state index in [-0.39, 0.29) is 5.56 Å². The second-order valence-electron chi connectivity index (χ2n) is 5.66. The van der Waals surface area contributed by atoms with Crippen molar-refractivity contribution in [1.82, 2.24) is 0 Å². The molecule has 2 aromatic carbocycles. The molecule has 0 saturated carbocycles. The lowest BCUT2D eigenvalue weighted by molar-refractivity contribution is 0.554. The van der Waals surface area contributed by atoms with Gasteiger partial charge in [0.2, 0.25) is 0 Å². The summed E-state index contributed by atoms with van der Waals surface area (Å²) in [5.41, 5.74) is 1.97. The standard InChI is InChI=1S/C18H12Cl2F2O2S/c1-25(23,24)18-9-16(21)13(8-17(18)22)12-4-2-3-11(12)10-5-6-14(19)15(20)7-10/h2-3,5-9H,4H2,1H3. The molecule has 3 rings (SSSR count). The van der Waals surface area contributed by atoms with E-state index in [9.17, 15) is 17.2 Å². The molecule has 0 heterocycles. The Morgan fingerprint density at radius 2 is 1.72 bits per heavy atom. The van der Waals surface area contributed by atoms with Gasteiger partial charge in [0.15, 0.2) is 9.84 Å². The fourth-order valence-electron chi connectivity index (χ4n) is 2.74. The smallest absolute Gasteiger partial charge is 0.178 e. The van der Waals surface area contributed by atoms with Gasteiger partial charge in [-0.3, -0.25) is 0 Å². The zero-order valence-corrected chi connectivity index (χ0v) is 15.3. The molecule has 25 heavy (non-hydrogen) atoms. The van der Waals surface area contributed by atoms with Crippen molar-refractivity contribution in [3.05, 3.63) is 75.3 Å². The molecule has 0 N–H and O–H groups in total. The van der Waals surface area contributed by atoms with Crippen LogP contribution >= 0.6 is 23.2 Å². The van der Waals surface area contributed by atoms with Crippen LogP contribution in [0.2, 0.25) is 10.0 Å². The molecule has 0 fully saturated rings. The summed E-state index contributed by atoms with van der Waals surface area (Å²) in [4.78, 5) is -0.656. The van der Waals surface area contributed by atoms with Gasteiger partial charge < -0.3 is 0 Å². The Balaban J connectivity index is 2.18. The quantitative estimate of drug-likeness (QED) is 0.676. The molecular formula is C18H12Cl2F2O2S. The Labute approximate surface area is 154 Å². The summed E-state index contributed by atoms with van der Waals surface area (Å²) in [5.74, 6) is -1.77. The van der Waals surface area contributed by atoms with Gasteiger partial charge in [-0.15, -0.1) is 0 Å². The number of allylic oxidation sites excluding steroid dienone is 4. The van der Waals surface area contributed by atoms with Crippen molar-refractivity contribution in [3.8, 4) is 0 Å². The van der Waals surface area contributed by atoms with Gasteiger partial charge in [-0.2, -0.15) is 0 Å². The maximum Gasteiger partial charge on any atom is 0.178 e. The highest BCUT2D eigenvalue weighted by molar-refractivity contribution is 7.90. The number of halogens is 4. The van der Waals surface area contributed by atoms with Crippen LogP contribution in [0.3, 0.4) is 0 Å². The normalized spacial score (nSPS) is 14.4. The lowest BCUT2D eigenvalue weighted by atomic mass is 9.96. The molecule has 0 aromatic heterocycles. The summed E-state index contributed by atoms with van der Waals surface area (Å²) < 4.78 is 51.8. The molecule has 0 bridgehead atoms. The van der Waals surface area contributed by atoms with Gasteiger partial charge >= 0.3 is 0 Å². The third-order valence-corrected chi connectivity index (χ3v) is 5.76. The summed E-state index contributed by atoms with van der Waals surface area (Å²) in [7, 11) is -3.85. The van der Waals surface area contributed by atoms with Crippen LogP contribution in [0.5, 0.6) is 0 Å². The van der Waals surface area contributed by atoms with Crippen molar-refractivity contribution in [3.63, 3.8) is 0 Å². The monoisotopic (exact) mass is 400 g/mol. The summed E-state index contributed by atoms with van der Waals surface area (Å²) in [6.45, 7) is 0. The Morgan fingerprint density at radius 3 is 2.36 bits per heavy atom. The van der Waals surface area contributed by atoms with E-state index in [4.69, 9.17) is 23.2 Å². The Bertz CT molecular complexity index is 1040. The lowest BCUT2D eigenvalue weighted by Gasteiger charge is -2.12. The first-order valence-corrected chi connectivity index (χ1v) is 9.88. The number of benzene rings is 2. The highest BCUT2D eigenvalue weighted by Crippen LogP contribution is 2.38. The van der Waals surface area contributed by atoms with Crippen molar-refractivity contribution in [1.29, 1.82) is 0 Å². The summed E-state index contributed by atoms with van der Waals surface area (Å²) in [6, 6.07) is 6.65. The first kappa shape index (κ1) is 18.1. The van der Waals surface area contributed by atoms with Crippen LogP contribution < -0.4 is 0 Å². The summed E-state index contributed by atoms with van der Waals surface area (Å²) in [5, 5.41) is 0.745. The van der Waals surface area contributed by atoms with Crippen LogP contribution in [0.25, 0.3) is 11.1 Å². The highest BCUT2D eigenvalue weighted by Gasteiger charge is 2.22. The Hall–Kier alpha value is -1.69. The van der Waals surface area contributed by atoms with E-state index in [1.807, 2.05) is 6.08 Å².